The van der Waals surface area contributed by atoms with Crippen LogP contribution in [0.25, 0.3) is 11.2 Å². The molecule has 0 amide bonds. The molecular weight excluding hydrogens is 386 g/mol. The van der Waals surface area contributed by atoms with E-state index in [1.54, 1.807) is 4.57 Å². The number of ether oxygens (including phenoxy) is 1. The van der Waals surface area contributed by atoms with Crippen molar-refractivity contribution in [3.8, 4) is 0 Å². The highest BCUT2D eigenvalue weighted by molar-refractivity contribution is 5.69. The maximum atomic E-state index is 12.8. The Morgan fingerprint density at radius 2 is 1.97 bits per heavy atom. The van der Waals surface area contributed by atoms with Crippen molar-refractivity contribution < 1.29 is 9.26 Å². The molecule has 0 aromatic carbocycles. The highest BCUT2D eigenvalue weighted by Gasteiger charge is 2.16. The zero-order valence-corrected chi connectivity index (χ0v) is 18.0. The number of rotatable bonds is 10. The second-order valence-corrected chi connectivity index (χ2v) is 7.45. The highest BCUT2D eigenvalue weighted by atomic mass is 16.5. The predicted octanol–water partition coefficient (Wildman–Crippen LogP) is 2.71. The summed E-state index contributed by atoms with van der Waals surface area (Å²) in [6.07, 6.45) is 4.01. The topological polar surface area (TPSA) is 108 Å². The molecule has 3 heterocycles. The molecule has 0 aliphatic rings. The van der Waals surface area contributed by atoms with Gasteiger partial charge in [-0.3, -0.25) is 13.9 Å². The number of nitrogens with zero attached hydrogens (tertiary/aromatic N) is 4. The van der Waals surface area contributed by atoms with Crippen LogP contribution < -0.4 is 11.2 Å². The molecule has 1 N–H and O–H groups in total. The quantitative estimate of drug-likeness (QED) is 0.510. The summed E-state index contributed by atoms with van der Waals surface area (Å²) < 4.78 is 13.5. The van der Waals surface area contributed by atoms with Gasteiger partial charge < -0.3 is 14.2 Å². The van der Waals surface area contributed by atoms with Crippen molar-refractivity contribution in [3.63, 3.8) is 0 Å². The first-order valence-corrected chi connectivity index (χ1v) is 10.3. The summed E-state index contributed by atoms with van der Waals surface area (Å²) >= 11 is 0. The normalized spacial score (nSPS) is 12.2. The molecule has 9 heteroatoms. The van der Waals surface area contributed by atoms with Crippen molar-refractivity contribution in [1.82, 2.24) is 24.3 Å². The Morgan fingerprint density at radius 1 is 1.23 bits per heavy atom. The molecule has 3 aromatic heterocycles. The second kappa shape index (κ2) is 9.71. The molecule has 0 unspecified atom stereocenters. The lowest BCUT2D eigenvalue weighted by atomic mass is 10.2. The van der Waals surface area contributed by atoms with E-state index in [0.29, 0.717) is 56.1 Å². The SMILES string of the molecule is CCCn1c(=O)c2[nH]c(CC=C(C)COCc3cc(C)on3)nc2n(CCC)c1=O. The molecule has 0 aliphatic carbocycles. The zero-order valence-electron chi connectivity index (χ0n) is 18.0. The molecule has 162 valence electrons. The van der Waals surface area contributed by atoms with Crippen LogP contribution in [0.5, 0.6) is 0 Å². The van der Waals surface area contributed by atoms with E-state index in [4.69, 9.17) is 9.26 Å². The minimum absolute atomic E-state index is 0.294. The molecule has 0 saturated carbocycles. The number of aromatic amines is 1. The fraction of sp³-hybridized carbons (Fsp3) is 0.524. The van der Waals surface area contributed by atoms with E-state index >= 15 is 0 Å². The predicted molar refractivity (Wildman–Crippen MR) is 114 cm³/mol. The summed E-state index contributed by atoms with van der Waals surface area (Å²) in [5, 5.41) is 3.90. The van der Waals surface area contributed by atoms with Gasteiger partial charge >= 0.3 is 5.69 Å². The van der Waals surface area contributed by atoms with Gasteiger partial charge in [0.1, 0.15) is 22.8 Å². The molecule has 3 aromatic rings. The van der Waals surface area contributed by atoms with Crippen molar-refractivity contribution in [1.29, 1.82) is 0 Å². The summed E-state index contributed by atoms with van der Waals surface area (Å²) in [5.74, 6) is 1.40. The number of nitrogens with one attached hydrogen (secondary N) is 1. The van der Waals surface area contributed by atoms with Gasteiger partial charge in [0, 0.05) is 25.6 Å². The monoisotopic (exact) mass is 415 g/mol. The van der Waals surface area contributed by atoms with Crippen LogP contribution in [-0.2, 0) is 30.9 Å². The Labute approximate surface area is 174 Å². The van der Waals surface area contributed by atoms with E-state index < -0.39 is 0 Å². The molecule has 3 rings (SSSR count). The Balaban J connectivity index is 1.76. The lowest BCUT2D eigenvalue weighted by Crippen LogP contribution is -2.40. The average molecular weight is 415 g/mol. The van der Waals surface area contributed by atoms with Gasteiger partial charge in [0.25, 0.3) is 5.56 Å². The molecule has 0 atom stereocenters. The molecule has 0 bridgehead atoms. The molecule has 0 fully saturated rings. The van der Waals surface area contributed by atoms with Gasteiger partial charge in [-0.15, -0.1) is 0 Å². The number of H-pyrrole nitrogens is 1. The third kappa shape index (κ3) is 4.79. The fourth-order valence-electron chi connectivity index (χ4n) is 3.29. The van der Waals surface area contributed by atoms with Crippen molar-refractivity contribution in [2.75, 3.05) is 6.61 Å². The molecular formula is C21H29N5O4. The van der Waals surface area contributed by atoms with Gasteiger partial charge in [0.15, 0.2) is 5.65 Å². The lowest BCUT2D eigenvalue weighted by molar-refractivity contribution is 0.136. The van der Waals surface area contributed by atoms with Crippen molar-refractivity contribution >= 4 is 11.2 Å². The fourth-order valence-corrected chi connectivity index (χ4v) is 3.29. The van der Waals surface area contributed by atoms with E-state index in [2.05, 4.69) is 15.1 Å². The minimum Gasteiger partial charge on any atom is -0.371 e. The zero-order chi connectivity index (χ0) is 21.7. The van der Waals surface area contributed by atoms with Gasteiger partial charge in [-0.2, -0.15) is 0 Å². The van der Waals surface area contributed by atoms with E-state index in [-0.39, 0.29) is 11.2 Å². The number of aryl methyl sites for hydroxylation is 2. The average Bonchev–Trinajstić information content (AvgIpc) is 3.33. The summed E-state index contributed by atoms with van der Waals surface area (Å²) in [6, 6.07) is 1.84. The van der Waals surface area contributed by atoms with Crippen LogP contribution in [0.2, 0.25) is 0 Å². The van der Waals surface area contributed by atoms with Crippen LogP contribution in [0.4, 0.5) is 0 Å². The van der Waals surface area contributed by atoms with E-state index in [1.165, 1.54) is 4.57 Å². The van der Waals surface area contributed by atoms with Crippen LogP contribution in [0.15, 0.2) is 31.8 Å². The summed E-state index contributed by atoms with van der Waals surface area (Å²) in [6.45, 7) is 9.50. The highest BCUT2D eigenvalue weighted by Crippen LogP contribution is 2.09. The number of hydrogen-bond donors (Lipinski definition) is 1. The van der Waals surface area contributed by atoms with Gasteiger partial charge in [-0.25, -0.2) is 9.78 Å². The molecule has 0 aliphatic heterocycles. The maximum Gasteiger partial charge on any atom is 0.332 e. The number of hydrogen-bond acceptors (Lipinski definition) is 6. The van der Waals surface area contributed by atoms with Crippen LogP contribution in [0, 0.1) is 6.92 Å². The van der Waals surface area contributed by atoms with Crippen molar-refractivity contribution in [2.45, 2.75) is 66.7 Å². The number of imidazole rings is 1. The lowest BCUT2D eigenvalue weighted by Gasteiger charge is -2.09. The summed E-state index contributed by atoms with van der Waals surface area (Å²) in [5.41, 5.74) is 2.00. The largest absolute Gasteiger partial charge is 0.371 e. The second-order valence-electron chi connectivity index (χ2n) is 7.45. The number of allylic oxidation sites excluding steroid dienone is 1. The van der Waals surface area contributed by atoms with Crippen molar-refractivity contribution in [2.24, 2.45) is 0 Å². The van der Waals surface area contributed by atoms with Gasteiger partial charge in [0.05, 0.1) is 13.2 Å². The van der Waals surface area contributed by atoms with Crippen LogP contribution in [0.1, 0.15) is 50.9 Å². The molecule has 0 spiro atoms. The molecule has 9 nitrogen and oxygen atoms in total. The maximum absolute atomic E-state index is 12.8. The van der Waals surface area contributed by atoms with Crippen LogP contribution >= 0.6 is 0 Å². The third-order valence-electron chi connectivity index (χ3n) is 4.70. The van der Waals surface area contributed by atoms with Gasteiger partial charge in [-0.1, -0.05) is 30.7 Å². The first kappa shape index (κ1) is 21.8. The van der Waals surface area contributed by atoms with Crippen LogP contribution in [0.3, 0.4) is 0 Å². The standard InChI is InChI=1S/C21H29N5O4/c1-5-9-25-19-18(20(27)26(10-6-2)21(25)28)22-17(23-19)8-7-14(3)12-29-13-16-11-15(4)30-24-16/h7,11H,5-6,8-10,12-13H2,1-4H3,(H,22,23). The number of aromatic nitrogens is 5. The Bertz CT molecular complexity index is 1150. The first-order chi connectivity index (χ1) is 14.4. The van der Waals surface area contributed by atoms with Gasteiger partial charge in [0.2, 0.25) is 0 Å². The summed E-state index contributed by atoms with van der Waals surface area (Å²) in [4.78, 5) is 33.1. The first-order valence-electron chi connectivity index (χ1n) is 10.3. The minimum atomic E-state index is -0.310. The molecule has 0 radical (unpaired) electrons. The Hall–Kier alpha value is -2.94. The molecule has 0 saturated heterocycles. The smallest absolute Gasteiger partial charge is 0.332 e. The third-order valence-corrected chi connectivity index (χ3v) is 4.70. The Morgan fingerprint density at radius 3 is 2.63 bits per heavy atom. The Kier molecular flexibility index (Phi) is 7.04. The van der Waals surface area contributed by atoms with Crippen molar-refractivity contribution in [3.05, 3.63) is 55.8 Å². The van der Waals surface area contributed by atoms with E-state index in [9.17, 15) is 9.59 Å². The number of fused-ring (bicyclic) bond motifs is 1. The van der Waals surface area contributed by atoms with E-state index in [1.807, 2.05) is 39.8 Å². The molecule has 30 heavy (non-hydrogen) atoms. The van der Waals surface area contributed by atoms with Crippen LogP contribution in [-0.4, -0.2) is 30.9 Å². The van der Waals surface area contributed by atoms with Gasteiger partial charge in [-0.05, 0) is 26.7 Å². The summed E-state index contributed by atoms with van der Waals surface area (Å²) in [7, 11) is 0. The van der Waals surface area contributed by atoms with E-state index in [0.717, 1.165) is 23.4 Å².